The Morgan fingerprint density at radius 3 is 2.15 bits per heavy atom. The number of ketones is 1. The highest BCUT2D eigenvalue weighted by Crippen LogP contribution is 2.42. The summed E-state index contributed by atoms with van der Waals surface area (Å²) < 4.78 is 10.2. The van der Waals surface area contributed by atoms with Crippen molar-refractivity contribution in [2.45, 2.75) is 25.8 Å². The Kier molecular flexibility index (Phi) is 7.44. The molecule has 2 unspecified atom stereocenters. The second kappa shape index (κ2) is 8.92. The van der Waals surface area contributed by atoms with E-state index in [9.17, 15) is 29.4 Å². The van der Waals surface area contributed by atoms with Crippen molar-refractivity contribution < 1.29 is 38.9 Å². The van der Waals surface area contributed by atoms with E-state index in [1.807, 2.05) is 0 Å². The summed E-state index contributed by atoms with van der Waals surface area (Å²) in [6.07, 6.45) is 0.385. The monoisotopic (exact) mass is 383 g/mol. The van der Waals surface area contributed by atoms with Crippen LogP contribution in [0.3, 0.4) is 0 Å². The second-order valence-corrected chi connectivity index (χ2v) is 6.43. The predicted molar refractivity (Wildman–Crippen MR) is 94.1 cm³/mol. The molecule has 0 bridgehead atoms. The van der Waals surface area contributed by atoms with Gasteiger partial charge in [-0.25, -0.2) is 4.79 Å². The summed E-state index contributed by atoms with van der Waals surface area (Å²) in [6.45, 7) is 9.40. The van der Waals surface area contributed by atoms with E-state index in [1.54, 1.807) is 0 Å². The molecule has 0 amide bonds. The van der Waals surface area contributed by atoms with Crippen molar-refractivity contribution in [3.8, 4) is 0 Å². The van der Waals surface area contributed by atoms with Crippen molar-refractivity contribution in [2.75, 3.05) is 32.9 Å². The van der Waals surface area contributed by atoms with Gasteiger partial charge in [-0.2, -0.15) is 0 Å². The summed E-state index contributed by atoms with van der Waals surface area (Å²) in [5, 5.41) is 19.9. The van der Waals surface area contributed by atoms with E-state index in [0.717, 1.165) is 13.0 Å². The quantitative estimate of drug-likeness (QED) is 0.314. The number of carboxylic acids is 2. The molecule has 0 spiro atoms. The maximum Gasteiger partial charge on any atom is 0.333 e. The average molecular weight is 383 g/mol. The standard InChI is InChI=1S/C18H25NO8/c1-5-13(20)17(4,15(22)23)18(16(24)25,19-7-10-26-11-8-19)6-9-27-14(21)12(2)3/h5H,1-2,6-11H2,3-4H3,(H,22,23)(H,24,25). The van der Waals surface area contributed by atoms with Gasteiger partial charge in [-0.3, -0.25) is 19.3 Å². The molecule has 0 radical (unpaired) electrons. The number of nitrogens with zero attached hydrogens (tertiary/aromatic N) is 1. The number of esters is 1. The number of morpholine rings is 1. The molecule has 1 rings (SSSR count). The molecule has 1 aliphatic heterocycles. The van der Waals surface area contributed by atoms with Crippen LogP contribution >= 0.6 is 0 Å². The van der Waals surface area contributed by atoms with Gasteiger partial charge in [0.05, 0.1) is 19.8 Å². The van der Waals surface area contributed by atoms with E-state index in [2.05, 4.69) is 13.2 Å². The Morgan fingerprint density at radius 2 is 1.74 bits per heavy atom. The van der Waals surface area contributed by atoms with E-state index in [-0.39, 0.29) is 31.9 Å². The fourth-order valence-corrected chi connectivity index (χ4v) is 3.23. The number of ether oxygens (including phenoxy) is 2. The molecule has 1 saturated heterocycles. The Bertz CT molecular complexity index is 652. The fraction of sp³-hybridized carbons (Fsp3) is 0.556. The molecule has 0 aromatic heterocycles. The minimum atomic E-state index is -2.35. The van der Waals surface area contributed by atoms with Crippen LogP contribution in [0.5, 0.6) is 0 Å². The number of allylic oxidation sites excluding steroid dienone is 1. The van der Waals surface area contributed by atoms with Gasteiger partial charge in [0, 0.05) is 25.1 Å². The van der Waals surface area contributed by atoms with Crippen molar-refractivity contribution in [1.29, 1.82) is 0 Å². The molecule has 1 heterocycles. The number of hydrogen-bond acceptors (Lipinski definition) is 7. The van der Waals surface area contributed by atoms with Crippen molar-refractivity contribution >= 4 is 23.7 Å². The van der Waals surface area contributed by atoms with Crippen molar-refractivity contribution in [3.63, 3.8) is 0 Å². The largest absolute Gasteiger partial charge is 0.480 e. The summed E-state index contributed by atoms with van der Waals surface area (Å²) in [6, 6.07) is 0. The Balaban J connectivity index is 3.46. The first kappa shape index (κ1) is 22.5. The summed E-state index contributed by atoms with van der Waals surface area (Å²) in [4.78, 5) is 50.1. The van der Waals surface area contributed by atoms with Crippen LogP contribution < -0.4 is 0 Å². The van der Waals surface area contributed by atoms with Gasteiger partial charge in [0.25, 0.3) is 0 Å². The van der Waals surface area contributed by atoms with Crippen LogP contribution in [-0.4, -0.2) is 77.3 Å². The normalized spacial score (nSPS) is 19.2. The number of hydrogen-bond donors (Lipinski definition) is 2. The lowest BCUT2D eigenvalue weighted by Gasteiger charge is -2.49. The Hall–Kier alpha value is -2.52. The molecule has 2 atom stereocenters. The van der Waals surface area contributed by atoms with E-state index in [0.29, 0.717) is 0 Å². The van der Waals surface area contributed by atoms with Gasteiger partial charge < -0.3 is 19.7 Å². The van der Waals surface area contributed by atoms with Gasteiger partial charge >= 0.3 is 17.9 Å². The molecule has 0 aromatic carbocycles. The highest BCUT2D eigenvalue weighted by molar-refractivity contribution is 6.13. The van der Waals surface area contributed by atoms with Gasteiger partial charge in [-0.1, -0.05) is 13.2 Å². The number of carbonyl (C=O) groups excluding carboxylic acids is 2. The van der Waals surface area contributed by atoms with Crippen LogP contribution in [0.15, 0.2) is 24.8 Å². The first-order valence-electron chi connectivity index (χ1n) is 8.34. The van der Waals surface area contributed by atoms with Crippen LogP contribution in [0.1, 0.15) is 20.3 Å². The van der Waals surface area contributed by atoms with Crippen molar-refractivity contribution in [2.24, 2.45) is 5.41 Å². The molecular weight excluding hydrogens is 358 g/mol. The Morgan fingerprint density at radius 1 is 1.19 bits per heavy atom. The molecule has 1 aliphatic rings. The molecule has 0 aromatic rings. The van der Waals surface area contributed by atoms with E-state index < -0.39 is 47.7 Å². The zero-order valence-corrected chi connectivity index (χ0v) is 15.5. The zero-order valence-electron chi connectivity index (χ0n) is 15.5. The first-order chi connectivity index (χ1) is 12.6. The highest BCUT2D eigenvalue weighted by Gasteiger charge is 2.65. The molecular formula is C18H25NO8. The minimum Gasteiger partial charge on any atom is -0.480 e. The van der Waals surface area contributed by atoms with E-state index in [1.165, 1.54) is 11.8 Å². The lowest BCUT2D eigenvalue weighted by Crippen LogP contribution is -2.71. The molecule has 150 valence electrons. The second-order valence-electron chi connectivity index (χ2n) is 6.43. The third-order valence-electron chi connectivity index (χ3n) is 4.88. The predicted octanol–water partition coefficient (Wildman–Crippen LogP) is 0.497. The summed E-state index contributed by atoms with van der Waals surface area (Å²) >= 11 is 0. The van der Waals surface area contributed by atoms with E-state index >= 15 is 0 Å². The van der Waals surface area contributed by atoms with Crippen LogP contribution in [0.4, 0.5) is 0 Å². The molecule has 9 nitrogen and oxygen atoms in total. The van der Waals surface area contributed by atoms with Gasteiger partial charge in [-0.15, -0.1) is 0 Å². The maximum atomic E-state index is 12.5. The Labute approximate surface area is 157 Å². The van der Waals surface area contributed by atoms with Gasteiger partial charge in [0.15, 0.2) is 11.2 Å². The van der Waals surface area contributed by atoms with Crippen LogP contribution in [0, 0.1) is 5.41 Å². The van der Waals surface area contributed by atoms with Crippen molar-refractivity contribution in [3.05, 3.63) is 24.8 Å². The summed E-state index contributed by atoms with van der Waals surface area (Å²) in [5.74, 6) is -4.79. The lowest BCUT2D eigenvalue weighted by atomic mass is 9.64. The highest BCUT2D eigenvalue weighted by atomic mass is 16.5. The third-order valence-corrected chi connectivity index (χ3v) is 4.88. The number of rotatable bonds is 10. The lowest BCUT2D eigenvalue weighted by molar-refractivity contribution is -0.185. The number of carbonyl (C=O) groups is 4. The average Bonchev–Trinajstić information content (AvgIpc) is 2.63. The third kappa shape index (κ3) is 4.09. The molecule has 27 heavy (non-hydrogen) atoms. The molecule has 0 aliphatic carbocycles. The van der Waals surface area contributed by atoms with Gasteiger partial charge in [-0.05, 0) is 19.9 Å². The number of aliphatic carboxylic acids is 2. The molecule has 1 fully saturated rings. The van der Waals surface area contributed by atoms with Gasteiger partial charge in [0.1, 0.15) is 5.54 Å². The van der Waals surface area contributed by atoms with Crippen LogP contribution in [-0.2, 0) is 28.7 Å². The fourth-order valence-electron chi connectivity index (χ4n) is 3.23. The molecule has 9 heteroatoms. The minimum absolute atomic E-state index is 0.105. The smallest absolute Gasteiger partial charge is 0.333 e. The zero-order chi connectivity index (χ0) is 20.8. The van der Waals surface area contributed by atoms with Crippen molar-refractivity contribution in [1.82, 2.24) is 4.90 Å². The van der Waals surface area contributed by atoms with Crippen LogP contribution in [0.2, 0.25) is 0 Å². The van der Waals surface area contributed by atoms with Crippen LogP contribution in [0.25, 0.3) is 0 Å². The number of carboxylic acid groups (broad SMARTS) is 2. The SMILES string of the molecule is C=CC(=O)C(C)(C(=O)O)C(CCOC(=O)C(=C)C)(C(=O)O)N1CCOCC1. The summed E-state index contributed by atoms with van der Waals surface area (Å²) in [7, 11) is 0. The summed E-state index contributed by atoms with van der Waals surface area (Å²) in [5.41, 5.74) is -4.40. The topological polar surface area (TPSA) is 130 Å². The first-order valence-corrected chi connectivity index (χ1v) is 8.34. The molecule has 0 saturated carbocycles. The maximum absolute atomic E-state index is 12.5. The molecule has 2 N–H and O–H groups in total. The van der Waals surface area contributed by atoms with E-state index in [4.69, 9.17) is 9.47 Å². The van der Waals surface area contributed by atoms with Gasteiger partial charge in [0.2, 0.25) is 0 Å².